The molecule has 0 spiro atoms. The van der Waals surface area contributed by atoms with Crippen LogP contribution in [0.15, 0.2) is 42.5 Å². The fourth-order valence-corrected chi connectivity index (χ4v) is 4.23. The fourth-order valence-electron chi connectivity index (χ4n) is 3.76. The number of halogens is 2. The molecule has 156 valence electrons. The van der Waals surface area contributed by atoms with Gasteiger partial charge in [-0.3, -0.25) is 4.79 Å². The zero-order valence-electron chi connectivity index (χ0n) is 17.1. The van der Waals surface area contributed by atoms with E-state index in [0.29, 0.717) is 54.4 Å². The lowest BCUT2D eigenvalue weighted by atomic mass is 10.1. The van der Waals surface area contributed by atoms with Crippen LogP contribution in [0.2, 0.25) is 10.0 Å². The van der Waals surface area contributed by atoms with Gasteiger partial charge in [0.1, 0.15) is 5.82 Å². The molecule has 30 heavy (non-hydrogen) atoms. The highest BCUT2D eigenvalue weighted by Crippen LogP contribution is 2.34. The lowest BCUT2D eigenvalue weighted by molar-refractivity contribution is -0.132. The number of nitrogens with zero attached hydrogens (tertiary/aromatic N) is 4. The number of carbonyl (C=O) groups is 1. The Morgan fingerprint density at radius 3 is 2.37 bits per heavy atom. The van der Waals surface area contributed by atoms with Crippen molar-refractivity contribution in [3.63, 3.8) is 0 Å². The van der Waals surface area contributed by atoms with E-state index in [1.807, 2.05) is 47.4 Å². The van der Waals surface area contributed by atoms with E-state index in [2.05, 4.69) is 18.7 Å². The minimum atomic E-state index is 0.215. The Bertz CT molecular complexity index is 1080. The zero-order chi connectivity index (χ0) is 21.3. The van der Waals surface area contributed by atoms with Crippen molar-refractivity contribution in [2.75, 3.05) is 31.1 Å². The third-order valence-corrected chi connectivity index (χ3v) is 5.93. The molecule has 7 heteroatoms. The van der Waals surface area contributed by atoms with Crippen molar-refractivity contribution in [2.24, 2.45) is 5.92 Å². The van der Waals surface area contributed by atoms with Crippen LogP contribution >= 0.6 is 23.2 Å². The van der Waals surface area contributed by atoms with E-state index >= 15 is 0 Å². The van der Waals surface area contributed by atoms with Gasteiger partial charge in [0.2, 0.25) is 5.91 Å². The Morgan fingerprint density at radius 2 is 1.67 bits per heavy atom. The normalized spacial score (nSPS) is 14.6. The van der Waals surface area contributed by atoms with E-state index in [-0.39, 0.29) is 5.91 Å². The first-order valence-corrected chi connectivity index (χ1v) is 10.9. The summed E-state index contributed by atoms with van der Waals surface area (Å²) in [6, 6.07) is 13.2. The lowest BCUT2D eigenvalue weighted by Gasteiger charge is -2.36. The van der Waals surface area contributed by atoms with Crippen molar-refractivity contribution in [1.82, 2.24) is 14.9 Å². The largest absolute Gasteiger partial charge is 0.352 e. The number of carbonyl (C=O) groups excluding carboxylic acids is 1. The molecule has 2 aromatic carbocycles. The molecule has 0 radical (unpaired) electrons. The number of hydrogen-bond acceptors (Lipinski definition) is 4. The van der Waals surface area contributed by atoms with Gasteiger partial charge in [0.15, 0.2) is 5.82 Å². The van der Waals surface area contributed by atoms with Gasteiger partial charge in [-0.05, 0) is 30.2 Å². The Morgan fingerprint density at radius 1 is 0.967 bits per heavy atom. The van der Waals surface area contributed by atoms with Crippen molar-refractivity contribution in [3.8, 4) is 11.4 Å². The lowest BCUT2D eigenvalue weighted by Crippen LogP contribution is -2.49. The number of rotatable bonds is 4. The number of piperazine rings is 1. The predicted octanol–water partition coefficient (Wildman–Crippen LogP) is 5.30. The second-order valence-corrected chi connectivity index (χ2v) is 8.76. The quantitative estimate of drug-likeness (QED) is 0.549. The number of hydrogen-bond donors (Lipinski definition) is 0. The molecule has 0 bridgehead atoms. The molecule has 0 N–H and O–H groups in total. The molecular weight excluding hydrogens is 419 g/mol. The van der Waals surface area contributed by atoms with E-state index in [1.54, 1.807) is 0 Å². The smallest absolute Gasteiger partial charge is 0.222 e. The van der Waals surface area contributed by atoms with Gasteiger partial charge in [-0.25, -0.2) is 9.97 Å². The topological polar surface area (TPSA) is 49.3 Å². The van der Waals surface area contributed by atoms with E-state index in [0.717, 1.165) is 22.3 Å². The molecule has 1 amide bonds. The summed E-state index contributed by atoms with van der Waals surface area (Å²) in [6.07, 6.45) is 0.582. The molecular formula is C23H24Cl2N4O. The van der Waals surface area contributed by atoms with Gasteiger partial charge in [0, 0.05) is 38.2 Å². The monoisotopic (exact) mass is 442 g/mol. The van der Waals surface area contributed by atoms with Crippen molar-refractivity contribution < 1.29 is 4.79 Å². The van der Waals surface area contributed by atoms with Crippen LogP contribution in [-0.4, -0.2) is 47.0 Å². The highest BCUT2D eigenvalue weighted by molar-refractivity contribution is 6.36. The van der Waals surface area contributed by atoms with Crippen molar-refractivity contribution >= 4 is 45.8 Å². The van der Waals surface area contributed by atoms with Gasteiger partial charge in [-0.15, -0.1) is 0 Å². The predicted molar refractivity (Wildman–Crippen MR) is 123 cm³/mol. The van der Waals surface area contributed by atoms with Crippen molar-refractivity contribution in [3.05, 3.63) is 52.5 Å². The summed E-state index contributed by atoms with van der Waals surface area (Å²) in [5, 5.41) is 2.05. The summed E-state index contributed by atoms with van der Waals surface area (Å²) < 4.78 is 0. The number of amides is 1. The first-order chi connectivity index (χ1) is 14.4. The van der Waals surface area contributed by atoms with Gasteiger partial charge >= 0.3 is 0 Å². The van der Waals surface area contributed by atoms with Gasteiger partial charge in [0.05, 0.1) is 20.9 Å². The Balaban J connectivity index is 1.70. The number of benzene rings is 2. The average Bonchev–Trinajstić information content (AvgIpc) is 2.73. The third-order valence-electron chi connectivity index (χ3n) is 5.28. The average molecular weight is 443 g/mol. The van der Waals surface area contributed by atoms with Crippen LogP contribution in [0.25, 0.3) is 22.3 Å². The first-order valence-electron chi connectivity index (χ1n) is 10.2. The summed E-state index contributed by atoms with van der Waals surface area (Å²) in [5.41, 5.74) is 1.56. The first kappa shape index (κ1) is 20.9. The van der Waals surface area contributed by atoms with Gasteiger partial charge in [-0.1, -0.05) is 55.2 Å². The number of fused-ring (bicyclic) bond motifs is 1. The molecule has 1 aliphatic heterocycles. The second kappa shape index (κ2) is 8.78. The number of aromatic nitrogens is 2. The van der Waals surface area contributed by atoms with Gasteiger partial charge in [0.25, 0.3) is 0 Å². The van der Waals surface area contributed by atoms with Crippen LogP contribution in [0.3, 0.4) is 0 Å². The van der Waals surface area contributed by atoms with Crippen LogP contribution in [0.1, 0.15) is 20.3 Å². The molecule has 1 aliphatic rings. The molecule has 0 aliphatic carbocycles. The summed E-state index contributed by atoms with van der Waals surface area (Å²) in [7, 11) is 0. The molecule has 0 saturated carbocycles. The Kier molecular flexibility index (Phi) is 6.11. The molecule has 1 fully saturated rings. The second-order valence-electron chi connectivity index (χ2n) is 7.95. The van der Waals surface area contributed by atoms with Crippen LogP contribution < -0.4 is 4.90 Å². The minimum Gasteiger partial charge on any atom is -0.352 e. The third kappa shape index (κ3) is 4.23. The van der Waals surface area contributed by atoms with Gasteiger partial charge < -0.3 is 9.80 Å². The molecule has 1 aromatic heterocycles. The molecule has 2 heterocycles. The minimum absolute atomic E-state index is 0.215. The summed E-state index contributed by atoms with van der Waals surface area (Å²) in [6.45, 7) is 6.87. The Labute approximate surface area is 186 Å². The molecule has 0 atom stereocenters. The standard InChI is InChI=1S/C23H24Cl2N4O/c1-15(2)14-20(30)28-10-12-29(13-11-28)23-21-18(25)8-5-9-19(21)26-22(27-23)16-6-3-4-7-17(16)24/h3-9,15H,10-14H2,1-2H3. The molecule has 0 unspecified atom stereocenters. The maximum atomic E-state index is 12.4. The highest BCUT2D eigenvalue weighted by Gasteiger charge is 2.25. The maximum absolute atomic E-state index is 12.4. The summed E-state index contributed by atoms with van der Waals surface area (Å²) >= 11 is 13.0. The maximum Gasteiger partial charge on any atom is 0.222 e. The van der Waals surface area contributed by atoms with Crippen LogP contribution in [0.4, 0.5) is 5.82 Å². The molecule has 5 nitrogen and oxygen atoms in total. The van der Waals surface area contributed by atoms with E-state index in [1.165, 1.54) is 0 Å². The molecule has 3 aromatic rings. The molecule has 4 rings (SSSR count). The SMILES string of the molecule is CC(C)CC(=O)N1CCN(c2nc(-c3ccccc3Cl)nc3cccc(Cl)c23)CC1. The number of anilines is 1. The van der Waals surface area contributed by atoms with Gasteiger partial charge in [-0.2, -0.15) is 0 Å². The summed E-state index contributed by atoms with van der Waals surface area (Å²) in [4.78, 5) is 26.2. The molecule has 1 saturated heterocycles. The Hall–Kier alpha value is -2.37. The zero-order valence-corrected chi connectivity index (χ0v) is 18.6. The van der Waals surface area contributed by atoms with Crippen LogP contribution in [0, 0.1) is 5.92 Å². The van der Waals surface area contributed by atoms with E-state index < -0.39 is 0 Å². The van der Waals surface area contributed by atoms with Crippen LogP contribution in [0.5, 0.6) is 0 Å². The van der Waals surface area contributed by atoms with E-state index in [9.17, 15) is 4.79 Å². The van der Waals surface area contributed by atoms with E-state index in [4.69, 9.17) is 33.2 Å². The van der Waals surface area contributed by atoms with Crippen LogP contribution in [-0.2, 0) is 4.79 Å². The highest BCUT2D eigenvalue weighted by atomic mass is 35.5. The fraction of sp³-hybridized carbons (Fsp3) is 0.348. The van der Waals surface area contributed by atoms with Crippen molar-refractivity contribution in [1.29, 1.82) is 0 Å². The summed E-state index contributed by atoms with van der Waals surface area (Å²) in [5.74, 6) is 1.94. The van der Waals surface area contributed by atoms with Crippen molar-refractivity contribution in [2.45, 2.75) is 20.3 Å².